The Morgan fingerprint density at radius 3 is 3.00 bits per heavy atom. The van der Waals surface area contributed by atoms with Gasteiger partial charge >= 0.3 is 0 Å². The summed E-state index contributed by atoms with van der Waals surface area (Å²) in [7, 11) is 1.61. The predicted octanol–water partition coefficient (Wildman–Crippen LogP) is 1.79. The van der Waals surface area contributed by atoms with Crippen molar-refractivity contribution in [3.63, 3.8) is 0 Å². The van der Waals surface area contributed by atoms with Crippen LogP contribution in [0.5, 0.6) is 5.75 Å². The molecule has 2 heterocycles. The number of carbonyl (C=O) groups is 2. The molecule has 0 radical (unpaired) electrons. The number of H-pyrrole nitrogens is 1. The van der Waals surface area contributed by atoms with Gasteiger partial charge in [-0.3, -0.25) is 9.59 Å². The molecule has 7 heteroatoms. The molecule has 0 saturated carbocycles. The van der Waals surface area contributed by atoms with Crippen molar-refractivity contribution in [2.45, 2.75) is 32.2 Å². The van der Waals surface area contributed by atoms with Gasteiger partial charge in [-0.1, -0.05) is 12.1 Å². The minimum atomic E-state index is -0.220. The van der Waals surface area contributed by atoms with E-state index in [1.165, 1.54) is 0 Å². The van der Waals surface area contributed by atoms with E-state index in [1.807, 2.05) is 31.2 Å². The van der Waals surface area contributed by atoms with Crippen molar-refractivity contribution < 1.29 is 14.3 Å². The molecule has 0 aliphatic carbocycles. The van der Waals surface area contributed by atoms with Gasteiger partial charge in [0.2, 0.25) is 5.91 Å². The number of hydrogen-bond acceptors (Lipinski definition) is 4. The van der Waals surface area contributed by atoms with E-state index >= 15 is 0 Å². The third-order valence-electron chi connectivity index (χ3n) is 4.31. The normalized spacial score (nSPS) is 17.5. The van der Waals surface area contributed by atoms with Crippen molar-refractivity contribution in [1.82, 2.24) is 20.6 Å². The molecule has 1 unspecified atom stereocenters. The van der Waals surface area contributed by atoms with Gasteiger partial charge in [0.15, 0.2) is 0 Å². The summed E-state index contributed by atoms with van der Waals surface area (Å²) < 4.78 is 5.23. The topological polar surface area (TPSA) is 96.1 Å². The highest BCUT2D eigenvalue weighted by molar-refractivity contribution is 5.94. The van der Waals surface area contributed by atoms with E-state index in [-0.39, 0.29) is 17.9 Å². The lowest BCUT2D eigenvalue weighted by Crippen LogP contribution is -2.35. The van der Waals surface area contributed by atoms with Crippen molar-refractivity contribution in [2.75, 3.05) is 13.7 Å². The van der Waals surface area contributed by atoms with Gasteiger partial charge in [-0.2, -0.15) is 0 Å². The molecule has 1 aromatic carbocycles. The van der Waals surface area contributed by atoms with Crippen LogP contribution in [0.25, 0.3) is 11.4 Å². The predicted molar refractivity (Wildman–Crippen MR) is 93.4 cm³/mol. The van der Waals surface area contributed by atoms with E-state index < -0.39 is 0 Å². The maximum Gasteiger partial charge on any atom is 0.271 e. The molecule has 1 atom stereocenters. The van der Waals surface area contributed by atoms with E-state index in [2.05, 4.69) is 20.6 Å². The summed E-state index contributed by atoms with van der Waals surface area (Å²) >= 11 is 0. The van der Waals surface area contributed by atoms with Crippen molar-refractivity contribution in [3.8, 4) is 17.1 Å². The van der Waals surface area contributed by atoms with Crippen LogP contribution in [0.2, 0.25) is 0 Å². The maximum atomic E-state index is 12.6. The number of methoxy groups -OCH3 is 1. The molecular weight excluding hydrogens is 320 g/mol. The number of ether oxygens (including phenoxy) is 1. The third kappa shape index (κ3) is 3.99. The fraction of sp³-hybridized carbons (Fsp3) is 0.389. The number of rotatable bonds is 4. The molecule has 132 valence electrons. The molecule has 7 nitrogen and oxygen atoms in total. The smallest absolute Gasteiger partial charge is 0.271 e. The lowest BCUT2D eigenvalue weighted by atomic mass is 10.1. The first-order chi connectivity index (χ1) is 12.1. The first kappa shape index (κ1) is 17.0. The monoisotopic (exact) mass is 342 g/mol. The Kier molecular flexibility index (Phi) is 5.02. The van der Waals surface area contributed by atoms with Crippen LogP contribution >= 0.6 is 0 Å². The number of aromatic nitrogens is 2. The van der Waals surface area contributed by atoms with Crippen LogP contribution in [0.15, 0.2) is 24.3 Å². The Balaban J connectivity index is 1.75. The highest BCUT2D eigenvalue weighted by atomic mass is 16.5. The van der Waals surface area contributed by atoms with Crippen LogP contribution in [0.3, 0.4) is 0 Å². The van der Waals surface area contributed by atoms with Crippen LogP contribution in [-0.2, 0) is 4.79 Å². The zero-order valence-electron chi connectivity index (χ0n) is 14.4. The highest BCUT2D eigenvalue weighted by Gasteiger charge is 2.21. The number of amides is 2. The van der Waals surface area contributed by atoms with Crippen molar-refractivity contribution in [2.24, 2.45) is 0 Å². The largest absolute Gasteiger partial charge is 0.497 e. The maximum absolute atomic E-state index is 12.6. The molecule has 3 N–H and O–H groups in total. The Morgan fingerprint density at radius 1 is 1.36 bits per heavy atom. The number of nitrogens with zero attached hydrogens (tertiary/aromatic N) is 1. The van der Waals surface area contributed by atoms with Gasteiger partial charge in [-0.15, -0.1) is 0 Å². The molecule has 2 aromatic rings. The Morgan fingerprint density at radius 2 is 2.20 bits per heavy atom. The lowest BCUT2D eigenvalue weighted by Gasteiger charge is -2.14. The van der Waals surface area contributed by atoms with Crippen LogP contribution in [-0.4, -0.2) is 41.5 Å². The molecular formula is C18H22N4O3. The van der Waals surface area contributed by atoms with Crippen LogP contribution in [0, 0.1) is 6.92 Å². The number of aromatic amines is 1. The second kappa shape index (κ2) is 7.38. The van der Waals surface area contributed by atoms with Crippen molar-refractivity contribution in [3.05, 3.63) is 35.7 Å². The van der Waals surface area contributed by atoms with Gasteiger partial charge in [-0.25, -0.2) is 4.98 Å². The summed E-state index contributed by atoms with van der Waals surface area (Å²) in [6.07, 6.45) is 1.80. The minimum absolute atomic E-state index is 0.0252. The third-order valence-corrected chi connectivity index (χ3v) is 4.31. The fourth-order valence-corrected chi connectivity index (χ4v) is 2.91. The van der Waals surface area contributed by atoms with Gasteiger partial charge in [0, 0.05) is 30.3 Å². The SMILES string of the molecule is COc1cccc(-c2nc(C(=O)NC3CCNC(=O)CC3)c(C)[nH]2)c1. The van der Waals surface area contributed by atoms with E-state index in [1.54, 1.807) is 7.11 Å². The van der Waals surface area contributed by atoms with E-state index in [4.69, 9.17) is 4.74 Å². The number of hydrogen-bond donors (Lipinski definition) is 3. The van der Waals surface area contributed by atoms with Crippen molar-refractivity contribution in [1.29, 1.82) is 0 Å². The Labute approximate surface area is 146 Å². The second-order valence-electron chi connectivity index (χ2n) is 6.14. The molecule has 25 heavy (non-hydrogen) atoms. The Hall–Kier alpha value is -2.83. The first-order valence-electron chi connectivity index (χ1n) is 8.35. The highest BCUT2D eigenvalue weighted by Crippen LogP contribution is 2.22. The summed E-state index contributed by atoms with van der Waals surface area (Å²) in [5.74, 6) is 1.17. The Bertz CT molecular complexity index is 784. The van der Waals surface area contributed by atoms with Crippen LogP contribution in [0.1, 0.15) is 35.4 Å². The van der Waals surface area contributed by atoms with Crippen molar-refractivity contribution >= 4 is 11.8 Å². The van der Waals surface area contributed by atoms with Crippen LogP contribution < -0.4 is 15.4 Å². The zero-order chi connectivity index (χ0) is 17.8. The summed E-state index contributed by atoms with van der Waals surface area (Å²) in [6.45, 7) is 2.40. The average Bonchev–Trinajstić information content (AvgIpc) is 2.89. The number of carbonyl (C=O) groups excluding carboxylic acids is 2. The van der Waals surface area contributed by atoms with E-state index in [0.717, 1.165) is 17.7 Å². The molecule has 1 fully saturated rings. The number of benzene rings is 1. The van der Waals surface area contributed by atoms with Gasteiger partial charge < -0.3 is 20.4 Å². The van der Waals surface area contributed by atoms with Gasteiger partial charge in [-0.05, 0) is 31.9 Å². The lowest BCUT2D eigenvalue weighted by molar-refractivity contribution is -0.120. The molecule has 0 bridgehead atoms. The summed E-state index contributed by atoms with van der Waals surface area (Å²) in [4.78, 5) is 31.6. The summed E-state index contributed by atoms with van der Waals surface area (Å²) in [5, 5.41) is 5.80. The molecule has 1 saturated heterocycles. The average molecular weight is 342 g/mol. The molecule has 3 rings (SSSR count). The van der Waals surface area contributed by atoms with E-state index in [9.17, 15) is 9.59 Å². The quantitative estimate of drug-likeness (QED) is 0.789. The van der Waals surface area contributed by atoms with Crippen LogP contribution in [0.4, 0.5) is 0 Å². The number of nitrogens with one attached hydrogen (secondary N) is 3. The van der Waals surface area contributed by atoms with Gasteiger partial charge in [0.25, 0.3) is 5.91 Å². The standard InChI is InChI=1S/C18H22N4O3/c1-11-16(18(24)21-13-6-7-15(23)19-9-8-13)22-17(20-11)12-4-3-5-14(10-12)25-2/h3-5,10,13H,6-9H2,1-2H3,(H,19,23)(H,20,22)(H,21,24). The molecule has 1 aliphatic rings. The van der Waals surface area contributed by atoms with E-state index in [0.29, 0.717) is 36.6 Å². The minimum Gasteiger partial charge on any atom is -0.497 e. The number of imidazole rings is 1. The molecule has 1 aromatic heterocycles. The molecule has 0 spiro atoms. The summed E-state index contributed by atoms with van der Waals surface area (Å²) in [6, 6.07) is 7.48. The second-order valence-corrected chi connectivity index (χ2v) is 6.14. The van der Waals surface area contributed by atoms with Gasteiger partial charge in [0.05, 0.1) is 7.11 Å². The number of aryl methyl sites for hydroxylation is 1. The molecule has 1 aliphatic heterocycles. The molecule has 2 amide bonds. The summed E-state index contributed by atoms with van der Waals surface area (Å²) in [5.41, 5.74) is 1.94. The first-order valence-corrected chi connectivity index (χ1v) is 8.35. The fourth-order valence-electron chi connectivity index (χ4n) is 2.91. The zero-order valence-corrected chi connectivity index (χ0v) is 14.4. The van der Waals surface area contributed by atoms with Gasteiger partial charge in [0.1, 0.15) is 17.3 Å².